The van der Waals surface area contributed by atoms with Crippen LogP contribution in [0.4, 0.5) is 0 Å². The van der Waals surface area contributed by atoms with Crippen molar-refractivity contribution < 1.29 is 0 Å². The number of hydrogen-bond donors (Lipinski definition) is 1. The fraction of sp³-hybridized carbons (Fsp3) is 1.00. The van der Waals surface area contributed by atoms with Crippen LogP contribution in [0.25, 0.3) is 0 Å². The Morgan fingerprint density at radius 3 is 2.50 bits per heavy atom. The molecule has 0 spiro atoms. The second-order valence-electron chi connectivity index (χ2n) is 5.19. The third-order valence-corrected chi connectivity index (χ3v) is 2.31. The van der Waals surface area contributed by atoms with Gasteiger partial charge in [-0.05, 0) is 25.4 Å². The maximum absolute atomic E-state index is 3.61. The summed E-state index contributed by atoms with van der Waals surface area (Å²) < 4.78 is 0. The van der Waals surface area contributed by atoms with E-state index in [-0.39, 0.29) is 0 Å². The van der Waals surface area contributed by atoms with Crippen LogP contribution in [0.5, 0.6) is 0 Å². The van der Waals surface area contributed by atoms with E-state index < -0.39 is 0 Å². The molecular weight excluding hydrogens is 148 g/mol. The molecule has 12 heavy (non-hydrogen) atoms. The molecule has 0 saturated carbocycles. The second-order valence-corrected chi connectivity index (χ2v) is 5.19. The minimum Gasteiger partial charge on any atom is -0.312 e. The first-order valence-electron chi connectivity index (χ1n) is 4.89. The molecule has 0 aromatic heterocycles. The van der Waals surface area contributed by atoms with E-state index in [2.05, 4.69) is 38.0 Å². The number of likely N-dealkylation sites (N-methyl/N-ethyl adjacent to an activating group) is 1. The predicted octanol–water partition coefficient (Wildman–Crippen LogP) is 1.33. The molecule has 0 radical (unpaired) electrons. The van der Waals surface area contributed by atoms with Crippen LogP contribution in [0.15, 0.2) is 0 Å². The lowest BCUT2D eigenvalue weighted by atomic mass is 9.96. The molecule has 1 N–H and O–H groups in total. The summed E-state index contributed by atoms with van der Waals surface area (Å²) in [5.41, 5.74) is 0.418. The third-order valence-electron chi connectivity index (χ3n) is 2.31. The lowest BCUT2D eigenvalue weighted by Gasteiger charge is -2.22. The van der Waals surface area contributed by atoms with E-state index in [0.29, 0.717) is 5.41 Å². The van der Waals surface area contributed by atoms with Crippen molar-refractivity contribution in [1.82, 2.24) is 10.2 Å². The van der Waals surface area contributed by atoms with E-state index in [1.54, 1.807) is 0 Å². The van der Waals surface area contributed by atoms with Crippen molar-refractivity contribution in [1.29, 1.82) is 0 Å². The molecule has 1 heterocycles. The van der Waals surface area contributed by atoms with Gasteiger partial charge >= 0.3 is 0 Å². The Balaban J connectivity index is 2.16. The van der Waals surface area contributed by atoms with Gasteiger partial charge in [0.25, 0.3) is 0 Å². The van der Waals surface area contributed by atoms with Crippen molar-refractivity contribution >= 4 is 0 Å². The molecule has 72 valence electrons. The van der Waals surface area contributed by atoms with Crippen LogP contribution in [-0.2, 0) is 0 Å². The average Bonchev–Trinajstić information content (AvgIpc) is 2.30. The molecular formula is C10H22N2. The number of likely N-dealkylation sites (tertiary alicyclic amines) is 1. The van der Waals surface area contributed by atoms with Gasteiger partial charge in [-0.25, -0.2) is 0 Å². The molecule has 0 bridgehead atoms. The van der Waals surface area contributed by atoms with Crippen molar-refractivity contribution in [2.75, 3.05) is 26.7 Å². The summed E-state index contributed by atoms with van der Waals surface area (Å²) in [5, 5.41) is 3.61. The van der Waals surface area contributed by atoms with E-state index in [0.717, 1.165) is 12.6 Å². The van der Waals surface area contributed by atoms with Gasteiger partial charge in [-0.2, -0.15) is 0 Å². The fourth-order valence-corrected chi connectivity index (χ4v) is 1.55. The van der Waals surface area contributed by atoms with Crippen LogP contribution in [0, 0.1) is 5.41 Å². The number of nitrogens with one attached hydrogen (secondary N) is 1. The molecule has 1 saturated heterocycles. The minimum atomic E-state index is 0.418. The highest BCUT2D eigenvalue weighted by atomic mass is 15.2. The van der Waals surface area contributed by atoms with Gasteiger partial charge in [-0.15, -0.1) is 0 Å². The molecule has 2 heteroatoms. The molecule has 2 nitrogen and oxygen atoms in total. The van der Waals surface area contributed by atoms with E-state index in [9.17, 15) is 0 Å². The Morgan fingerprint density at radius 2 is 2.08 bits per heavy atom. The number of rotatable bonds is 2. The summed E-state index contributed by atoms with van der Waals surface area (Å²) >= 11 is 0. The molecule has 1 aliphatic heterocycles. The van der Waals surface area contributed by atoms with Gasteiger partial charge < -0.3 is 10.2 Å². The zero-order valence-electron chi connectivity index (χ0n) is 8.85. The fourth-order valence-electron chi connectivity index (χ4n) is 1.55. The van der Waals surface area contributed by atoms with E-state index in [1.165, 1.54) is 19.5 Å². The lowest BCUT2D eigenvalue weighted by Crippen LogP contribution is -2.37. The van der Waals surface area contributed by atoms with Gasteiger partial charge in [-0.3, -0.25) is 0 Å². The standard InChI is InChI=1S/C10H22N2/c1-10(2,3)8-11-9-5-6-12(4)7-9/h9,11H,5-8H2,1-4H3/t9-/m1/s1. The Labute approximate surface area is 76.3 Å². The van der Waals surface area contributed by atoms with Crippen LogP contribution in [0.2, 0.25) is 0 Å². The van der Waals surface area contributed by atoms with Crippen LogP contribution in [0.3, 0.4) is 0 Å². The molecule has 1 aliphatic rings. The molecule has 1 rings (SSSR count). The number of hydrogen-bond acceptors (Lipinski definition) is 2. The third kappa shape index (κ3) is 3.55. The summed E-state index contributed by atoms with van der Waals surface area (Å²) in [6.07, 6.45) is 1.31. The van der Waals surface area contributed by atoms with Crippen molar-refractivity contribution in [2.45, 2.75) is 33.2 Å². The van der Waals surface area contributed by atoms with Crippen LogP contribution in [0.1, 0.15) is 27.2 Å². The van der Waals surface area contributed by atoms with Crippen LogP contribution in [-0.4, -0.2) is 37.6 Å². The SMILES string of the molecule is CN1CC[C@@H](NCC(C)(C)C)C1. The highest BCUT2D eigenvalue weighted by Gasteiger charge is 2.20. The van der Waals surface area contributed by atoms with Gasteiger partial charge in [0, 0.05) is 19.1 Å². The van der Waals surface area contributed by atoms with Crippen LogP contribution >= 0.6 is 0 Å². The zero-order chi connectivity index (χ0) is 9.19. The summed E-state index contributed by atoms with van der Waals surface area (Å²) in [6.45, 7) is 10.4. The average molecular weight is 170 g/mol. The van der Waals surface area contributed by atoms with Gasteiger partial charge in [0.05, 0.1) is 0 Å². The quantitative estimate of drug-likeness (QED) is 0.672. The predicted molar refractivity (Wildman–Crippen MR) is 53.4 cm³/mol. The minimum absolute atomic E-state index is 0.418. The highest BCUT2D eigenvalue weighted by molar-refractivity contribution is 4.80. The lowest BCUT2D eigenvalue weighted by molar-refractivity contribution is 0.341. The van der Waals surface area contributed by atoms with Gasteiger partial charge in [-0.1, -0.05) is 20.8 Å². The molecule has 1 atom stereocenters. The van der Waals surface area contributed by atoms with Crippen molar-refractivity contribution in [2.24, 2.45) is 5.41 Å². The normalized spacial score (nSPS) is 26.5. The van der Waals surface area contributed by atoms with Gasteiger partial charge in [0.2, 0.25) is 0 Å². The topological polar surface area (TPSA) is 15.3 Å². The van der Waals surface area contributed by atoms with E-state index in [4.69, 9.17) is 0 Å². The largest absolute Gasteiger partial charge is 0.312 e. The first-order valence-corrected chi connectivity index (χ1v) is 4.89. The van der Waals surface area contributed by atoms with Crippen molar-refractivity contribution in [3.63, 3.8) is 0 Å². The van der Waals surface area contributed by atoms with E-state index in [1.807, 2.05) is 0 Å². The molecule has 1 fully saturated rings. The first-order chi connectivity index (χ1) is 5.47. The molecule has 0 aliphatic carbocycles. The molecule has 0 amide bonds. The second kappa shape index (κ2) is 3.75. The maximum Gasteiger partial charge on any atom is 0.0207 e. The number of nitrogens with zero attached hydrogens (tertiary/aromatic N) is 1. The molecule has 0 aromatic carbocycles. The monoisotopic (exact) mass is 170 g/mol. The Bertz CT molecular complexity index is 137. The zero-order valence-corrected chi connectivity index (χ0v) is 8.85. The Kier molecular flexibility index (Phi) is 3.13. The van der Waals surface area contributed by atoms with Crippen molar-refractivity contribution in [3.8, 4) is 0 Å². The van der Waals surface area contributed by atoms with E-state index >= 15 is 0 Å². The summed E-state index contributed by atoms with van der Waals surface area (Å²) in [5.74, 6) is 0. The smallest absolute Gasteiger partial charge is 0.0207 e. The molecule has 0 aromatic rings. The van der Waals surface area contributed by atoms with Gasteiger partial charge in [0.1, 0.15) is 0 Å². The Morgan fingerprint density at radius 1 is 1.42 bits per heavy atom. The maximum atomic E-state index is 3.61. The first kappa shape index (κ1) is 10.0. The van der Waals surface area contributed by atoms with Crippen LogP contribution < -0.4 is 5.32 Å². The van der Waals surface area contributed by atoms with Gasteiger partial charge in [0.15, 0.2) is 0 Å². The van der Waals surface area contributed by atoms with Crippen molar-refractivity contribution in [3.05, 3.63) is 0 Å². The summed E-state index contributed by atoms with van der Waals surface area (Å²) in [4.78, 5) is 2.39. The highest BCUT2D eigenvalue weighted by Crippen LogP contribution is 2.13. The summed E-state index contributed by atoms with van der Waals surface area (Å²) in [7, 11) is 2.19. The Hall–Kier alpha value is -0.0800. The molecule has 0 unspecified atom stereocenters. The summed E-state index contributed by atoms with van der Waals surface area (Å²) in [6, 6.07) is 0.731.